The Morgan fingerprint density at radius 1 is 0.778 bits per heavy atom. The molecule has 4 N–H and O–H groups in total. The van der Waals surface area contributed by atoms with Crippen molar-refractivity contribution in [2.24, 2.45) is 0 Å². The first-order valence-corrected chi connectivity index (χ1v) is 11.8. The monoisotopic (exact) mass is 533 g/mol. The number of halogens is 1. The molecule has 0 bridgehead atoms. The fraction of sp³-hybridized carbons (Fsp3) is 0.200. The second kappa shape index (κ2) is 17.4. The molecule has 0 saturated carbocycles. The molecule has 36 heavy (non-hydrogen) atoms. The van der Waals surface area contributed by atoms with Crippen LogP contribution < -0.4 is 0 Å². The molecule has 4 aromatic carbocycles. The molecule has 4 aromatic rings. The molecule has 0 aromatic heterocycles. The van der Waals surface area contributed by atoms with Gasteiger partial charge in [-0.15, -0.1) is 12.6 Å². The van der Waals surface area contributed by atoms with Gasteiger partial charge in [0, 0.05) is 43.0 Å². The number of nitrogens with zero attached hydrogens (tertiary/aromatic N) is 2. The molecule has 1 fully saturated rings. The fourth-order valence-electron chi connectivity index (χ4n) is 4.07. The van der Waals surface area contributed by atoms with Crippen molar-refractivity contribution in [3.63, 3.8) is 0 Å². The van der Waals surface area contributed by atoms with Gasteiger partial charge in [0.15, 0.2) is 0 Å². The Labute approximate surface area is 238 Å². The first kappa shape index (κ1) is 31.9. The van der Waals surface area contributed by atoms with Gasteiger partial charge >= 0.3 is 0 Å². The van der Waals surface area contributed by atoms with E-state index in [-0.39, 0.29) is 36.8 Å². The molecule has 1 aliphatic heterocycles. The molecule has 1 atom stereocenters. The van der Waals surface area contributed by atoms with Gasteiger partial charge in [-0.25, -0.2) is 0 Å². The Bertz CT molecular complexity index is 1070. The molecule has 0 unspecified atom stereocenters. The number of rotatable bonds is 5. The standard InChI is InChI=1S/C24H24ClN2.C6H5.2H2O.Sc/c25-24-9-5-4-8-23(24)21-12-10-20(11-13-21)17-27-15-14-26-22(18-27)16-19-6-2-1-3-7-19;1-2-4-6-5-3-1;;;/h1-13,22H,14-18H2;1-5H;2*1H2;/q2*-1;;;/t22-;;;;/m1..../s1. The summed E-state index contributed by atoms with van der Waals surface area (Å²) in [4.78, 5) is 2.52. The van der Waals surface area contributed by atoms with Crippen LogP contribution >= 0.6 is 11.6 Å². The van der Waals surface area contributed by atoms with E-state index in [1.54, 1.807) is 0 Å². The zero-order valence-electron chi connectivity index (χ0n) is 20.4. The third kappa shape index (κ3) is 10.1. The molecular weight excluding hydrogens is 501 g/mol. The largest absolute Gasteiger partial charge is 0.657 e. The first-order valence-electron chi connectivity index (χ1n) is 11.5. The summed E-state index contributed by atoms with van der Waals surface area (Å²) in [6, 6.07) is 40.4. The third-order valence-corrected chi connectivity index (χ3v) is 6.07. The van der Waals surface area contributed by atoms with Crippen LogP contribution in [0.3, 0.4) is 0 Å². The van der Waals surface area contributed by atoms with Crippen molar-refractivity contribution in [1.82, 2.24) is 4.90 Å². The summed E-state index contributed by atoms with van der Waals surface area (Å²) in [7, 11) is 0. The number of piperazine rings is 1. The van der Waals surface area contributed by atoms with Crippen LogP contribution in [-0.2, 0) is 38.8 Å². The SMILES string of the molecule is Clc1ccccc1-c1ccc(CN2CC[N-][C@H](Cc3ccccc3)C2)cc1.O.O.[Sc].[c-]1ccccc1. The van der Waals surface area contributed by atoms with Gasteiger partial charge in [-0.3, -0.25) is 0 Å². The van der Waals surface area contributed by atoms with Crippen molar-refractivity contribution in [1.29, 1.82) is 0 Å². The Balaban J connectivity index is 0.000000636. The predicted molar refractivity (Wildman–Crippen MR) is 147 cm³/mol. The summed E-state index contributed by atoms with van der Waals surface area (Å²) in [5.41, 5.74) is 4.97. The second-order valence-corrected chi connectivity index (χ2v) is 8.65. The minimum absolute atomic E-state index is 0. The van der Waals surface area contributed by atoms with E-state index in [0.717, 1.165) is 43.2 Å². The number of hydrogen-bond acceptors (Lipinski definition) is 1. The third-order valence-electron chi connectivity index (χ3n) is 5.74. The zero-order valence-corrected chi connectivity index (χ0v) is 22.9. The van der Waals surface area contributed by atoms with Crippen molar-refractivity contribution in [3.8, 4) is 11.1 Å². The molecule has 0 amide bonds. The molecule has 0 aliphatic carbocycles. The summed E-state index contributed by atoms with van der Waals surface area (Å²) >= 11 is 6.32. The average molecular weight is 534 g/mol. The van der Waals surface area contributed by atoms with Crippen LogP contribution in [0.4, 0.5) is 0 Å². The van der Waals surface area contributed by atoms with Gasteiger partial charge in [0.05, 0.1) is 0 Å². The van der Waals surface area contributed by atoms with Gasteiger partial charge in [0.2, 0.25) is 0 Å². The molecule has 1 saturated heterocycles. The predicted octanol–water partition coefficient (Wildman–Crippen LogP) is 5.64. The summed E-state index contributed by atoms with van der Waals surface area (Å²) in [5.74, 6) is 0. The Morgan fingerprint density at radius 3 is 2.03 bits per heavy atom. The smallest absolute Gasteiger partial charge is 0.0484 e. The average Bonchev–Trinajstić information content (AvgIpc) is 2.87. The minimum Gasteiger partial charge on any atom is -0.657 e. The van der Waals surface area contributed by atoms with Gasteiger partial charge in [0.1, 0.15) is 0 Å². The molecule has 5 rings (SSSR count). The van der Waals surface area contributed by atoms with Crippen LogP contribution in [0.1, 0.15) is 11.1 Å². The fourth-order valence-corrected chi connectivity index (χ4v) is 4.32. The van der Waals surface area contributed by atoms with Gasteiger partial charge in [0.25, 0.3) is 0 Å². The first-order chi connectivity index (χ1) is 16.3. The second-order valence-electron chi connectivity index (χ2n) is 8.24. The number of benzene rings is 4. The van der Waals surface area contributed by atoms with Crippen molar-refractivity contribution < 1.29 is 36.8 Å². The van der Waals surface area contributed by atoms with Gasteiger partial charge in [-0.2, -0.15) is 36.4 Å². The Morgan fingerprint density at radius 2 is 1.42 bits per heavy atom. The van der Waals surface area contributed by atoms with E-state index in [9.17, 15) is 0 Å². The van der Waals surface area contributed by atoms with E-state index in [4.69, 9.17) is 16.9 Å². The quantitative estimate of drug-likeness (QED) is 0.306. The van der Waals surface area contributed by atoms with E-state index in [2.05, 4.69) is 71.6 Å². The molecule has 1 aliphatic rings. The number of hydrogen-bond donors (Lipinski definition) is 0. The normalized spacial score (nSPS) is 14.6. The topological polar surface area (TPSA) is 80.3 Å². The van der Waals surface area contributed by atoms with Crippen LogP contribution in [0.2, 0.25) is 5.02 Å². The molecular formula is C30H33ClN2O2Sc-2. The van der Waals surface area contributed by atoms with Crippen LogP contribution in [-0.4, -0.2) is 41.5 Å². The minimum atomic E-state index is 0. The molecule has 6 heteroatoms. The molecule has 187 valence electrons. The van der Waals surface area contributed by atoms with Crippen molar-refractivity contribution in [3.05, 3.63) is 137 Å². The van der Waals surface area contributed by atoms with Crippen LogP contribution in [0.15, 0.2) is 109 Å². The summed E-state index contributed by atoms with van der Waals surface area (Å²) in [6.45, 7) is 3.97. The van der Waals surface area contributed by atoms with Crippen LogP contribution in [0, 0.1) is 6.07 Å². The van der Waals surface area contributed by atoms with E-state index >= 15 is 0 Å². The van der Waals surface area contributed by atoms with Gasteiger partial charge in [-0.05, 0) is 42.3 Å². The summed E-state index contributed by atoms with van der Waals surface area (Å²) in [6.07, 6.45) is 1.03. The van der Waals surface area contributed by atoms with Gasteiger partial charge < -0.3 is 21.2 Å². The zero-order chi connectivity index (χ0) is 22.7. The maximum absolute atomic E-state index is 6.32. The maximum Gasteiger partial charge on any atom is 0.0484 e. The van der Waals surface area contributed by atoms with Crippen LogP contribution in [0.5, 0.6) is 0 Å². The maximum atomic E-state index is 6.32. The van der Waals surface area contributed by atoms with E-state index in [0.29, 0.717) is 6.04 Å². The Hall–Kier alpha value is -2.12. The summed E-state index contributed by atoms with van der Waals surface area (Å²) in [5, 5.41) is 5.62. The van der Waals surface area contributed by atoms with Crippen molar-refractivity contribution in [2.45, 2.75) is 19.0 Å². The summed E-state index contributed by atoms with van der Waals surface area (Å²) < 4.78 is 0. The van der Waals surface area contributed by atoms with Crippen molar-refractivity contribution >= 4 is 11.6 Å². The van der Waals surface area contributed by atoms with E-state index in [1.807, 2.05) is 48.5 Å². The molecule has 0 spiro atoms. The van der Waals surface area contributed by atoms with Gasteiger partial charge in [-0.1, -0.05) is 84.4 Å². The van der Waals surface area contributed by atoms with Crippen molar-refractivity contribution in [2.75, 3.05) is 19.6 Å². The van der Waals surface area contributed by atoms with Crippen LogP contribution in [0.25, 0.3) is 16.4 Å². The van der Waals surface area contributed by atoms with E-state index < -0.39 is 0 Å². The van der Waals surface area contributed by atoms with E-state index in [1.165, 1.54) is 16.7 Å². The molecule has 4 nitrogen and oxygen atoms in total. The Kier molecular flexibility index (Phi) is 15.4. The molecule has 1 heterocycles. The molecule has 1 radical (unpaired) electrons.